The third kappa shape index (κ3) is 3.07. The first-order valence-corrected chi connectivity index (χ1v) is 3.88. The molecule has 1 aromatic carbocycles. The summed E-state index contributed by atoms with van der Waals surface area (Å²) >= 11 is 0. The van der Waals surface area contributed by atoms with Gasteiger partial charge in [0, 0.05) is 5.56 Å². The molecule has 84 valence electrons. The Labute approximate surface area is 92.3 Å². The van der Waals surface area contributed by atoms with Gasteiger partial charge in [-0.25, -0.2) is 4.39 Å². The number of benzene rings is 1. The molecule has 6 heteroatoms. The van der Waals surface area contributed by atoms with Crippen LogP contribution in [0.5, 0.6) is 5.75 Å². The quantitative estimate of drug-likeness (QED) is 0.754. The number of carbonyl (C=O) groups excluding carboxylic acids is 1. The van der Waals surface area contributed by atoms with Crippen LogP contribution in [0, 0.1) is 5.82 Å². The van der Waals surface area contributed by atoms with Gasteiger partial charge in [0.15, 0.2) is 0 Å². The van der Waals surface area contributed by atoms with Crippen LogP contribution in [0.25, 0.3) is 0 Å². The van der Waals surface area contributed by atoms with E-state index in [1.807, 2.05) is 0 Å². The molecule has 4 nitrogen and oxygen atoms in total. The monoisotopic (exact) mass is 235 g/mol. The number of phenols is 1. The number of phenolic OH excluding ortho intramolecular Hbond substituents is 1. The average molecular weight is 236 g/mol. The lowest BCUT2D eigenvalue weighted by molar-refractivity contribution is -0.142. The summed E-state index contributed by atoms with van der Waals surface area (Å²) in [6.07, 6.45) is 0. The fraction of sp³-hybridized carbons (Fsp3) is 0.222. The maximum atomic E-state index is 12.8. The minimum Gasteiger partial charge on any atom is -0.508 e. The van der Waals surface area contributed by atoms with Gasteiger partial charge >= 0.3 is 5.97 Å². The van der Waals surface area contributed by atoms with E-state index in [9.17, 15) is 14.3 Å². The summed E-state index contributed by atoms with van der Waals surface area (Å²) in [7, 11) is 1.17. The second-order valence-corrected chi connectivity index (χ2v) is 2.70. The number of esters is 1. The maximum absolute atomic E-state index is 12.8. The first kappa shape index (κ1) is 13.7. The van der Waals surface area contributed by atoms with E-state index in [0.717, 1.165) is 18.2 Å². The predicted molar refractivity (Wildman–Crippen MR) is 54.3 cm³/mol. The first-order chi connectivity index (χ1) is 6.56. The number of hydrogen-bond donors (Lipinski definition) is 2. The average Bonchev–Trinajstić information content (AvgIpc) is 2.19. The second-order valence-electron chi connectivity index (χ2n) is 2.70. The Hall–Kier alpha value is -1.33. The standard InChI is InChI=1S/C9H10FNO3.ClH/c1-14-9(13)8(11)6-4-5(10)2-3-7(6)12;/h2-4,8,12H,11H2,1H3;1H. The van der Waals surface area contributed by atoms with E-state index < -0.39 is 17.8 Å². The summed E-state index contributed by atoms with van der Waals surface area (Å²) in [6, 6.07) is 2.03. The lowest BCUT2D eigenvalue weighted by Crippen LogP contribution is -2.22. The molecule has 0 fully saturated rings. The largest absolute Gasteiger partial charge is 0.508 e. The fourth-order valence-electron chi connectivity index (χ4n) is 1.03. The Kier molecular flexibility index (Phi) is 5.04. The fourth-order valence-corrected chi connectivity index (χ4v) is 1.03. The number of ether oxygens (including phenoxy) is 1. The lowest BCUT2D eigenvalue weighted by atomic mass is 10.1. The van der Waals surface area contributed by atoms with Crippen molar-refractivity contribution in [2.45, 2.75) is 6.04 Å². The lowest BCUT2D eigenvalue weighted by Gasteiger charge is -2.10. The van der Waals surface area contributed by atoms with Gasteiger partial charge in [-0.3, -0.25) is 4.79 Å². The van der Waals surface area contributed by atoms with Crippen molar-refractivity contribution in [1.29, 1.82) is 0 Å². The van der Waals surface area contributed by atoms with Crippen LogP contribution >= 0.6 is 12.4 Å². The van der Waals surface area contributed by atoms with Crippen molar-refractivity contribution in [2.24, 2.45) is 5.73 Å². The molecule has 0 aliphatic heterocycles. The molecule has 15 heavy (non-hydrogen) atoms. The van der Waals surface area contributed by atoms with Crippen LogP contribution < -0.4 is 5.73 Å². The number of hydrogen-bond acceptors (Lipinski definition) is 4. The van der Waals surface area contributed by atoms with Crippen LogP contribution in [0.4, 0.5) is 4.39 Å². The number of nitrogens with two attached hydrogens (primary N) is 1. The molecule has 3 N–H and O–H groups in total. The molecule has 0 aliphatic rings. The normalized spacial score (nSPS) is 11.4. The Morgan fingerprint density at radius 1 is 1.60 bits per heavy atom. The van der Waals surface area contributed by atoms with E-state index in [0.29, 0.717) is 0 Å². The van der Waals surface area contributed by atoms with E-state index in [4.69, 9.17) is 5.73 Å². The van der Waals surface area contributed by atoms with Gasteiger partial charge in [-0.1, -0.05) is 0 Å². The smallest absolute Gasteiger partial charge is 0.327 e. The molecule has 0 saturated heterocycles. The summed E-state index contributed by atoms with van der Waals surface area (Å²) in [5.41, 5.74) is 5.43. The topological polar surface area (TPSA) is 72.5 Å². The molecule has 0 aliphatic carbocycles. The van der Waals surface area contributed by atoms with Crippen molar-refractivity contribution in [1.82, 2.24) is 0 Å². The van der Waals surface area contributed by atoms with E-state index in [2.05, 4.69) is 4.74 Å². The Morgan fingerprint density at radius 2 is 2.20 bits per heavy atom. The zero-order chi connectivity index (χ0) is 10.7. The van der Waals surface area contributed by atoms with Crippen molar-refractivity contribution in [3.8, 4) is 5.75 Å². The molecule has 0 heterocycles. The van der Waals surface area contributed by atoms with Crippen molar-refractivity contribution in [3.05, 3.63) is 29.6 Å². The van der Waals surface area contributed by atoms with Crippen molar-refractivity contribution < 1.29 is 19.0 Å². The minimum absolute atomic E-state index is 0. The molecule has 1 rings (SSSR count). The second kappa shape index (κ2) is 5.53. The van der Waals surface area contributed by atoms with E-state index >= 15 is 0 Å². The van der Waals surface area contributed by atoms with Crippen molar-refractivity contribution >= 4 is 18.4 Å². The maximum Gasteiger partial charge on any atom is 0.327 e. The highest BCUT2D eigenvalue weighted by atomic mass is 35.5. The first-order valence-electron chi connectivity index (χ1n) is 3.88. The van der Waals surface area contributed by atoms with Crippen LogP contribution in [0.15, 0.2) is 18.2 Å². The zero-order valence-electron chi connectivity index (χ0n) is 7.94. The van der Waals surface area contributed by atoms with Crippen molar-refractivity contribution in [3.63, 3.8) is 0 Å². The highest BCUT2D eigenvalue weighted by molar-refractivity contribution is 5.85. The number of methoxy groups -OCH3 is 1. The Balaban J connectivity index is 0.00000196. The molecule has 1 aromatic rings. The molecule has 0 radical (unpaired) electrons. The molecule has 0 spiro atoms. The van der Waals surface area contributed by atoms with Gasteiger partial charge in [0.05, 0.1) is 7.11 Å². The molecular weight excluding hydrogens is 225 g/mol. The van der Waals surface area contributed by atoms with E-state index in [1.165, 1.54) is 7.11 Å². The summed E-state index contributed by atoms with van der Waals surface area (Å²) in [5.74, 6) is -1.53. The molecular formula is C9H11ClFNO3. The van der Waals surface area contributed by atoms with Gasteiger partial charge in [-0.05, 0) is 18.2 Å². The summed E-state index contributed by atoms with van der Waals surface area (Å²) in [4.78, 5) is 11.0. The van der Waals surface area contributed by atoms with E-state index in [1.54, 1.807) is 0 Å². The Morgan fingerprint density at radius 3 is 2.73 bits per heavy atom. The zero-order valence-corrected chi connectivity index (χ0v) is 8.75. The minimum atomic E-state index is -1.17. The molecule has 1 atom stereocenters. The molecule has 0 saturated carbocycles. The Bertz CT molecular complexity index is 359. The van der Waals surface area contributed by atoms with Crippen LogP contribution in [-0.2, 0) is 9.53 Å². The van der Waals surface area contributed by atoms with Crippen LogP contribution in [0.3, 0.4) is 0 Å². The number of halogens is 2. The summed E-state index contributed by atoms with van der Waals surface area (Å²) < 4.78 is 17.1. The molecule has 0 amide bonds. The summed E-state index contributed by atoms with van der Waals surface area (Å²) in [6.45, 7) is 0. The molecule has 1 unspecified atom stereocenters. The molecule has 0 bridgehead atoms. The van der Waals surface area contributed by atoms with Crippen LogP contribution in [0.1, 0.15) is 11.6 Å². The van der Waals surface area contributed by atoms with Gasteiger partial charge in [-0.2, -0.15) is 0 Å². The van der Waals surface area contributed by atoms with Gasteiger partial charge < -0.3 is 15.6 Å². The highest BCUT2D eigenvalue weighted by Gasteiger charge is 2.19. The number of carbonyl (C=O) groups is 1. The van der Waals surface area contributed by atoms with Gasteiger partial charge in [0.1, 0.15) is 17.6 Å². The number of aromatic hydroxyl groups is 1. The third-order valence-corrected chi connectivity index (χ3v) is 1.78. The van der Waals surface area contributed by atoms with Gasteiger partial charge in [0.2, 0.25) is 0 Å². The van der Waals surface area contributed by atoms with Gasteiger partial charge in [-0.15, -0.1) is 12.4 Å². The third-order valence-electron chi connectivity index (χ3n) is 1.78. The predicted octanol–water partition coefficient (Wildman–Crippen LogP) is 1.13. The number of rotatable bonds is 2. The highest BCUT2D eigenvalue weighted by Crippen LogP contribution is 2.23. The van der Waals surface area contributed by atoms with Crippen molar-refractivity contribution in [2.75, 3.05) is 7.11 Å². The summed E-state index contributed by atoms with van der Waals surface area (Å²) in [5, 5.41) is 9.30. The molecule has 0 aromatic heterocycles. The van der Waals surface area contributed by atoms with E-state index in [-0.39, 0.29) is 23.7 Å². The van der Waals surface area contributed by atoms with Gasteiger partial charge in [0.25, 0.3) is 0 Å². The van der Waals surface area contributed by atoms with Crippen LogP contribution in [0.2, 0.25) is 0 Å². The SMILES string of the molecule is COC(=O)C(N)c1cc(F)ccc1O.Cl. The van der Waals surface area contributed by atoms with Crippen LogP contribution in [-0.4, -0.2) is 18.2 Å².